The lowest BCUT2D eigenvalue weighted by atomic mass is 10.1. The van der Waals surface area contributed by atoms with Crippen LogP contribution in [0.5, 0.6) is 0 Å². The van der Waals surface area contributed by atoms with Crippen molar-refractivity contribution in [3.8, 4) is 0 Å². The Kier molecular flexibility index (Phi) is 5.39. The van der Waals surface area contributed by atoms with Gasteiger partial charge in [0.05, 0.1) is 17.9 Å². The molecule has 2 rings (SSSR count). The zero-order chi connectivity index (χ0) is 17.0. The van der Waals surface area contributed by atoms with E-state index in [1.807, 2.05) is 0 Å². The lowest BCUT2D eigenvalue weighted by Gasteiger charge is -2.12. The van der Waals surface area contributed by atoms with E-state index in [-0.39, 0.29) is 16.8 Å². The number of nitrogens with one attached hydrogen (secondary N) is 1. The Labute approximate surface area is 138 Å². The number of aryl methyl sites for hydroxylation is 2. The Bertz CT molecular complexity index is 690. The summed E-state index contributed by atoms with van der Waals surface area (Å²) in [6.07, 6.45) is 1.52. The molecule has 2 heterocycles. The van der Waals surface area contributed by atoms with E-state index in [0.29, 0.717) is 17.0 Å². The summed E-state index contributed by atoms with van der Waals surface area (Å²) in [6, 6.07) is 4.88. The van der Waals surface area contributed by atoms with Gasteiger partial charge in [-0.1, -0.05) is 11.6 Å². The molecule has 0 radical (unpaired) electrons. The standard InChI is InChI=1S/C16H17ClN2O4/c1-9-7-10(2)18-15(17)14(9)16(21)23-8-13(20)19-11(3)12-5-4-6-22-12/h4-7,11H,8H2,1-3H3,(H,19,20). The number of carbonyl (C=O) groups excluding carboxylic acids is 2. The maximum Gasteiger partial charge on any atom is 0.342 e. The highest BCUT2D eigenvalue weighted by Gasteiger charge is 2.19. The Hall–Kier alpha value is -2.34. The second kappa shape index (κ2) is 7.28. The second-order valence-electron chi connectivity index (χ2n) is 5.13. The number of furan rings is 1. The molecule has 0 bridgehead atoms. The summed E-state index contributed by atoms with van der Waals surface area (Å²) >= 11 is 5.97. The van der Waals surface area contributed by atoms with Crippen molar-refractivity contribution in [2.45, 2.75) is 26.8 Å². The molecule has 0 saturated carbocycles. The Morgan fingerprint density at radius 1 is 1.43 bits per heavy atom. The van der Waals surface area contributed by atoms with E-state index in [0.717, 1.165) is 0 Å². The molecule has 122 valence electrons. The van der Waals surface area contributed by atoms with Gasteiger partial charge < -0.3 is 14.5 Å². The van der Waals surface area contributed by atoms with Crippen molar-refractivity contribution in [1.82, 2.24) is 10.3 Å². The SMILES string of the molecule is Cc1cc(C)c(C(=O)OCC(=O)NC(C)c2ccco2)c(Cl)n1. The number of pyridine rings is 1. The Morgan fingerprint density at radius 2 is 2.17 bits per heavy atom. The fourth-order valence-corrected chi connectivity index (χ4v) is 2.49. The first kappa shape index (κ1) is 17.0. The van der Waals surface area contributed by atoms with Crippen LogP contribution in [0.4, 0.5) is 0 Å². The van der Waals surface area contributed by atoms with Crippen LogP contribution in [0.15, 0.2) is 28.9 Å². The molecule has 0 aliphatic rings. The van der Waals surface area contributed by atoms with Crippen molar-refractivity contribution in [1.29, 1.82) is 0 Å². The van der Waals surface area contributed by atoms with Crippen molar-refractivity contribution in [2.75, 3.05) is 6.61 Å². The molecule has 0 fully saturated rings. The van der Waals surface area contributed by atoms with Crippen molar-refractivity contribution in [2.24, 2.45) is 0 Å². The van der Waals surface area contributed by atoms with Crippen LogP contribution in [0.3, 0.4) is 0 Å². The smallest absolute Gasteiger partial charge is 0.342 e. The second-order valence-corrected chi connectivity index (χ2v) is 5.49. The largest absolute Gasteiger partial charge is 0.467 e. The highest BCUT2D eigenvalue weighted by Crippen LogP contribution is 2.19. The van der Waals surface area contributed by atoms with Crippen LogP contribution in [0.25, 0.3) is 0 Å². The van der Waals surface area contributed by atoms with Crippen LogP contribution in [-0.4, -0.2) is 23.5 Å². The first-order valence-electron chi connectivity index (χ1n) is 7.02. The average molecular weight is 337 g/mol. The lowest BCUT2D eigenvalue weighted by molar-refractivity contribution is -0.125. The molecule has 1 unspecified atom stereocenters. The van der Waals surface area contributed by atoms with Gasteiger partial charge >= 0.3 is 5.97 Å². The molecule has 0 saturated heterocycles. The summed E-state index contributed by atoms with van der Waals surface area (Å²) < 4.78 is 10.2. The summed E-state index contributed by atoms with van der Waals surface area (Å²) in [5, 5.41) is 2.74. The highest BCUT2D eigenvalue weighted by molar-refractivity contribution is 6.32. The molecule has 1 N–H and O–H groups in total. The number of aromatic nitrogens is 1. The number of esters is 1. The van der Waals surface area contributed by atoms with Gasteiger partial charge in [-0.25, -0.2) is 9.78 Å². The van der Waals surface area contributed by atoms with Crippen molar-refractivity contribution >= 4 is 23.5 Å². The quantitative estimate of drug-likeness (QED) is 0.670. The first-order valence-corrected chi connectivity index (χ1v) is 7.40. The molecule has 1 atom stereocenters. The van der Waals surface area contributed by atoms with Crippen LogP contribution < -0.4 is 5.32 Å². The fourth-order valence-electron chi connectivity index (χ4n) is 2.13. The van der Waals surface area contributed by atoms with E-state index in [4.69, 9.17) is 20.8 Å². The molecular weight excluding hydrogens is 320 g/mol. The average Bonchev–Trinajstić information content (AvgIpc) is 2.98. The van der Waals surface area contributed by atoms with Crippen LogP contribution in [0.2, 0.25) is 5.15 Å². The third-order valence-electron chi connectivity index (χ3n) is 3.19. The van der Waals surface area contributed by atoms with Gasteiger partial charge in [0.15, 0.2) is 6.61 Å². The van der Waals surface area contributed by atoms with E-state index in [1.165, 1.54) is 6.26 Å². The van der Waals surface area contributed by atoms with E-state index in [2.05, 4.69) is 10.3 Å². The minimum atomic E-state index is -0.680. The molecule has 6 nitrogen and oxygen atoms in total. The summed E-state index contributed by atoms with van der Waals surface area (Å²) in [7, 11) is 0. The van der Waals surface area contributed by atoms with Gasteiger partial charge in [0.25, 0.3) is 5.91 Å². The predicted octanol–water partition coefficient (Wildman–Crippen LogP) is 2.98. The van der Waals surface area contributed by atoms with Crippen LogP contribution in [-0.2, 0) is 9.53 Å². The van der Waals surface area contributed by atoms with Crippen molar-refractivity contribution in [3.63, 3.8) is 0 Å². The number of carbonyl (C=O) groups is 2. The van der Waals surface area contributed by atoms with E-state index in [1.54, 1.807) is 39.0 Å². The van der Waals surface area contributed by atoms with Gasteiger partial charge in [-0.3, -0.25) is 4.79 Å². The Balaban J connectivity index is 1.93. The number of rotatable bonds is 5. The number of halogens is 1. The molecule has 0 aliphatic carbocycles. The van der Waals surface area contributed by atoms with E-state index in [9.17, 15) is 9.59 Å². The van der Waals surface area contributed by atoms with Gasteiger partial charge in [0.2, 0.25) is 0 Å². The third kappa shape index (κ3) is 4.32. The highest BCUT2D eigenvalue weighted by atomic mass is 35.5. The summed E-state index contributed by atoms with van der Waals surface area (Å²) in [6.45, 7) is 4.87. The van der Waals surface area contributed by atoms with Gasteiger partial charge in [-0.05, 0) is 44.5 Å². The summed E-state index contributed by atoms with van der Waals surface area (Å²) in [5.41, 5.74) is 1.52. The Morgan fingerprint density at radius 3 is 2.78 bits per heavy atom. The zero-order valence-corrected chi connectivity index (χ0v) is 13.8. The number of hydrogen-bond acceptors (Lipinski definition) is 5. The maximum atomic E-state index is 12.1. The number of nitrogens with zero attached hydrogens (tertiary/aromatic N) is 1. The fraction of sp³-hybridized carbons (Fsp3) is 0.312. The molecule has 0 spiro atoms. The van der Waals surface area contributed by atoms with Crippen LogP contribution in [0, 0.1) is 13.8 Å². The normalized spacial score (nSPS) is 11.8. The molecule has 0 aromatic carbocycles. The first-order chi connectivity index (χ1) is 10.9. The van der Waals surface area contributed by atoms with Crippen molar-refractivity contribution in [3.05, 3.63) is 52.2 Å². The zero-order valence-electron chi connectivity index (χ0n) is 13.1. The van der Waals surface area contributed by atoms with E-state index < -0.39 is 18.5 Å². The molecule has 2 aromatic heterocycles. The molecule has 1 amide bonds. The van der Waals surface area contributed by atoms with Crippen molar-refractivity contribution < 1.29 is 18.7 Å². The van der Waals surface area contributed by atoms with Gasteiger partial charge in [0.1, 0.15) is 10.9 Å². The van der Waals surface area contributed by atoms with Gasteiger partial charge in [-0.15, -0.1) is 0 Å². The number of hydrogen-bond donors (Lipinski definition) is 1. The number of amides is 1. The number of ether oxygens (including phenoxy) is 1. The summed E-state index contributed by atoms with van der Waals surface area (Å²) in [5.74, 6) is -0.497. The van der Waals surface area contributed by atoms with Crippen LogP contribution >= 0.6 is 11.6 Å². The maximum absolute atomic E-state index is 12.1. The molecule has 7 heteroatoms. The van der Waals surface area contributed by atoms with E-state index >= 15 is 0 Å². The van der Waals surface area contributed by atoms with Gasteiger partial charge in [0, 0.05) is 5.69 Å². The molecular formula is C16H17ClN2O4. The minimum absolute atomic E-state index is 0.0665. The summed E-state index contributed by atoms with van der Waals surface area (Å²) in [4.78, 5) is 27.9. The topological polar surface area (TPSA) is 81.4 Å². The predicted molar refractivity (Wildman–Crippen MR) is 84.3 cm³/mol. The third-order valence-corrected chi connectivity index (χ3v) is 3.46. The van der Waals surface area contributed by atoms with Gasteiger partial charge in [-0.2, -0.15) is 0 Å². The molecule has 23 heavy (non-hydrogen) atoms. The molecule has 2 aromatic rings. The lowest BCUT2D eigenvalue weighted by Crippen LogP contribution is -2.31. The molecule has 0 aliphatic heterocycles. The monoisotopic (exact) mass is 336 g/mol. The van der Waals surface area contributed by atoms with Crippen LogP contribution in [0.1, 0.15) is 40.3 Å². The minimum Gasteiger partial charge on any atom is -0.467 e.